The lowest BCUT2D eigenvalue weighted by Crippen LogP contribution is -2.38. The molecule has 2 aromatic carbocycles. The number of aromatic amines is 1. The van der Waals surface area contributed by atoms with Crippen LogP contribution in [0.25, 0.3) is 11.0 Å². The lowest BCUT2D eigenvalue weighted by Gasteiger charge is -2.11. The number of hydrogen-bond acceptors (Lipinski definition) is 3. The van der Waals surface area contributed by atoms with E-state index in [-0.39, 0.29) is 6.54 Å². The quantitative estimate of drug-likeness (QED) is 0.716. The first-order valence-corrected chi connectivity index (χ1v) is 7.61. The van der Waals surface area contributed by atoms with Gasteiger partial charge in [-0.1, -0.05) is 23.7 Å². The fourth-order valence-electron chi connectivity index (χ4n) is 2.48. The third kappa shape index (κ3) is 3.09. The van der Waals surface area contributed by atoms with Crippen molar-refractivity contribution in [3.63, 3.8) is 0 Å². The molecule has 0 spiro atoms. The molecule has 0 atom stereocenters. The molecule has 0 aliphatic heterocycles. The fourth-order valence-corrected chi connectivity index (χ4v) is 2.71. The molecule has 1 amide bonds. The molecule has 0 aliphatic rings. The number of rotatable bonds is 3. The number of halogens is 1. The number of para-hydroxylation sites is 2. The Morgan fingerprint density at radius 3 is 2.71 bits per heavy atom. The summed E-state index contributed by atoms with van der Waals surface area (Å²) in [4.78, 5) is 38.7. The number of aromatic nitrogens is 2. The molecule has 0 saturated carbocycles. The molecule has 0 unspecified atom stereocenters. The van der Waals surface area contributed by atoms with E-state index in [2.05, 4.69) is 10.3 Å². The zero-order chi connectivity index (χ0) is 17.3. The van der Waals surface area contributed by atoms with Crippen molar-refractivity contribution < 1.29 is 4.79 Å². The van der Waals surface area contributed by atoms with Crippen molar-refractivity contribution in [2.45, 2.75) is 13.5 Å². The highest BCUT2D eigenvalue weighted by Crippen LogP contribution is 2.19. The van der Waals surface area contributed by atoms with Gasteiger partial charge in [0.25, 0.3) is 0 Å². The van der Waals surface area contributed by atoms with Crippen molar-refractivity contribution in [3.8, 4) is 0 Å². The van der Waals surface area contributed by atoms with Gasteiger partial charge in [-0.3, -0.25) is 19.0 Å². The summed E-state index contributed by atoms with van der Waals surface area (Å²) >= 11 is 5.89. The van der Waals surface area contributed by atoms with Gasteiger partial charge in [-0.2, -0.15) is 0 Å². The highest BCUT2D eigenvalue weighted by molar-refractivity contribution is 6.30. The van der Waals surface area contributed by atoms with Crippen LogP contribution in [0, 0.1) is 6.92 Å². The molecule has 6 nitrogen and oxygen atoms in total. The molecular formula is C17H14ClN3O3. The highest BCUT2D eigenvalue weighted by Gasteiger charge is 2.12. The van der Waals surface area contributed by atoms with Gasteiger partial charge in [-0.05, 0) is 42.8 Å². The summed E-state index contributed by atoms with van der Waals surface area (Å²) in [6.07, 6.45) is 0. The predicted molar refractivity (Wildman–Crippen MR) is 93.6 cm³/mol. The molecule has 0 aliphatic carbocycles. The molecule has 0 bridgehead atoms. The largest absolute Gasteiger partial charge is 0.324 e. The molecule has 1 aromatic heterocycles. The van der Waals surface area contributed by atoms with Gasteiger partial charge >= 0.3 is 11.1 Å². The van der Waals surface area contributed by atoms with Crippen molar-refractivity contribution in [3.05, 3.63) is 73.8 Å². The first kappa shape index (κ1) is 16.0. The number of fused-ring (bicyclic) bond motifs is 1. The summed E-state index contributed by atoms with van der Waals surface area (Å²) < 4.78 is 1.16. The number of nitrogens with one attached hydrogen (secondary N) is 2. The van der Waals surface area contributed by atoms with Crippen molar-refractivity contribution in [1.29, 1.82) is 0 Å². The lowest BCUT2D eigenvalue weighted by atomic mass is 10.2. The van der Waals surface area contributed by atoms with Gasteiger partial charge in [0.05, 0.1) is 11.0 Å². The number of benzene rings is 2. The SMILES string of the molecule is Cc1cc(Cl)ccc1NC(=O)Cn1c(=O)c(=O)[nH]c2ccccc21. The molecule has 3 rings (SSSR count). The number of nitrogens with zero attached hydrogens (tertiary/aromatic N) is 1. The summed E-state index contributed by atoms with van der Waals surface area (Å²) in [5.41, 5.74) is 0.870. The maximum atomic E-state index is 12.3. The topological polar surface area (TPSA) is 84.0 Å². The van der Waals surface area contributed by atoms with Crippen LogP contribution in [0.3, 0.4) is 0 Å². The molecule has 0 fully saturated rings. The fraction of sp³-hybridized carbons (Fsp3) is 0.118. The van der Waals surface area contributed by atoms with Crippen LogP contribution in [-0.4, -0.2) is 15.5 Å². The maximum Gasteiger partial charge on any atom is 0.317 e. The standard InChI is InChI=1S/C17H14ClN3O3/c1-10-8-11(18)6-7-12(10)19-15(22)9-21-14-5-3-2-4-13(14)20-16(23)17(21)24/h2-8H,9H2,1H3,(H,19,22)(H,20,23). The van der Waals surface area contributed by atoms with Crippen LogP contribution in [0.2, 0.25) is 5.02 Å². The van der Waals surface area contributed by atoms with E-state index in [4.69, 9.17) is 11.6 Å². The monoisotopic (exact) mass is 343 g/mol. The minimum Gasteiger partial charge on any atom is -0.324 e. The maximum absolute atomic E-state index is 12.3. The normalized spacial score (nSPS) is 10.8. The third-order valence-corrected chi connectivity index (χ3v) is 3.88. The Morgan fingerprint density at radius 2 is 1.96 bits per heavy atom. The molecule has 0 radical (unpaired) electrons. The van der Waals surface area contributed by atoms with Gasteiger partial charge in [0.15, 0.2) is 0 Å². The molecule has 122 valence electrons. The van der Waals surface area contributed by atoms with Crippen LogP contribution >= 0.6 is 11.6 Å². The highest BCUT2D eigenvalue weighted by atomic mass is 35.5. The van der Waals surface area contributed by atoms with Crippen molar-refractivity contribution in [2.24, 2.45) is 0 Å². The molecule has 7 heteroatoms. The van der Waals surface area contributed by atoms with E-state index in [1.54, 1.807) is 42.5 Å². The minimum absolute atomic E-state index is 0.259. The van der Waals surface area contributed by atoms with Gasteiger partial charge < -0.3 is 10.3 Å². The number of hydrogen-bond donors (Lipinski definition) is 2. The molecule has 0 saturated heterocycles. The summed E-state index contributed by atoms with van der Waals surface area (Å²) in [6.45, 7) is 1.56. The predicted octanol–water partition coefficient (Wildman–Crippen LogP) is 2.29. The van der Waals surface area contributed by atoms with Crippen LogP contribution in [-0.2, 0) is 11.3 Å². The first-order valence-electron chi connectivity index (χ1n) is 7.23. The second-order valence-corrected chi connectivity index (χ2v) is 5.81. The number of amides is 1. The Labute approximate surface area is 141 Å². The van der Waals surface area contributed by atoms with Crippen LogP contribution in [0.1, 0.15) is 5.56 Å². The summed E-state index contributed by atoms with van der Waals surface area (Å²) in [5, 5.41) is 3.30. The smallest absolute Gasteiger partial charge is 0.317 e. The summed E-state index contributed by atoms with van der Waals surface area (Å²) in [5.74, 6) is -0.404. The van der Waals surface area contributed by atoms with Crippen molar-refractivity contribution in [1.82, 2.24) is 9.55 Å². The zero-order valence-corrected chi connectivity index (χ0v) is 13.6. The van der Waals surface area contributed by atoms with E-state index in [0.29, 0.717) is 21.7 Å². The first-order chi connectivity index (χ1) is 11.5. The number of aryl methyl sites for hydroxylation is 1. The Hall–Kier alpha value is -2.86. The van der Waals surface area contributed by atoms with Crippen molar-refractivity contribution >= 4 is 34.2 Å². The molecular weight excluding hydrogens is 330 g/mol. The third-order valence-electron chi connectivity index (χ3n) is 3.65. The molecule has 1 heterocycles. The van der Waals surface area contributed by atoms with Gasteiger partial charge in [0, 0.05) is 10.7 Å². The lowest BCUT2D eigenvalue weighted by molar-refractivity contribution is -0.116. The van der Waals surface area contributed by atoms with Crippen molar-refractivity contribution in [2.75, 3.05) is 5.32 Å². The Balaban J connectivity index is 1.95. The number of anilines is 1. The van der Waals surface area contributed by atoms with Gasteiger partial charge in [-0.15, -0.1) is 0 Å². The van der Waals surface area contributed by atoms with E-state index < -0.39 is 17.0 Å². The van der Waals surface area contributed by atoms with Crippen LogP contribution in [0.15, 0.2) is 52.1 Å². The second kappa shape index (κ2) is 6.33. The Kier molecular flexibility index (Phi) is 4.22. The van der Waals surface area contributed by atoms with E-state index in [9.17, 15) is 14.4 Å². The average molecular weight is 344 g/mol. The minimum atomic E-state index is -0.767. The molecule has 3 aromatic rings. The number of carbonyl (C=O) groups excluding carboxylic acids is 1. The van der Waals surface area contributed by atoms with Gasteiger partial charge in [-0.25, -0.2) is 0 Å². The van der Waals surface area contributed by atoms with Crippen LogP contribution < -0.4 is 16.4 Å². The second-order valence-electron chi connectivity index (χ2n) is 5.37. The zero-order valence-electron chi connectivity index (χ0n) is 12.8. The Bertz CT molecular complexity index is 1050. The van der Waals surface area contributed by atoms with Crippen LogP contribution in [0.4, 0.5) is 5.69 Å². The van der Waals surface area contributed by atoms with E-state index in [1.807, 2.05) is 6.92 Å². The summed E-state index contributed by atoms with van der Waals surface area (Å²) in [7, 11) is 0. The van der Waals surface area contributed by atoms with Gasteiger partial charge in [0.1, 0.15) is 6.54 Å². The van der Waals surface area contributed by atoms with E-state index >= 15 is 0 Å². The average Bonchev–Trinajstić information content (AvgIpc) is 2.54. The number of carbonyl (C=O) groups is 1. The summed E-state index contributed by atoms with van der Waals surface area (Å²) in [6, 6.07) is 11.9. The van der Waals surface area contributed by atoms with Gasteiger partial charge in [0.2, 0.25) is 5.91 Å². The van der Waals surface area contributed by atoms with Crippen LogP contribution in [0.5, 0.6) is 0 Å². The Morgan fingerprint density at radius 1 is 1.21 bits per heavy atom. The molecule has 24 heavy (non-hydrogen) atoms. The number of H-pyrrole nitrogens is 1. The molecule has 2 N–H and O–H groups in total. The van der Waals surface area contributed by atoms with E-state index in [0.717, 1.165) is 10.1 Å². The van der Waals surface area contributed by atoms with E-state index in [1.165, 1.54) is 0 Å².